The number of fused-ring (bicyclic) bond motifs is 1. The number of nitrogens with one attached hydrogen (secondary N) is 2. The van der Waals surface area contributed by atoms with E-state index in [2.05, 4.69) is 15.3 Å². The van der Waals surface area contributed by atoms with Crippen molar-refractivity contribution in [2.75, 3.05) is 11.1 Å². The molecule has 1 amide bonds. The Morgan fingerprint density at radius 1 is 1.31 bits per heavy atom. The summed E-state index contributed by atoms with van der Waals surface area (Å²) >= 11 is 0. The molecule has 0 spiro atoms. The van der Waals surface area contributed by atoms with Gasteiger partial charge in [-0.05, 0) is 37.0 Å². The third kappa shape index (κ3) is 3.65. The van der Waals surface area contributed by atoms with Crippen LogP contribution in [-0.4, -0.2) is 20.4 Å². The average Bonchev–Trinajstić information content (AvgIpc) is 3.51. The zero-order chi connectivity index (χ0) is 20.7. The van der Waals surface area contributed by atoms with Gasteiger partial charge in [-0.15, -0.1) is 0 Å². The van der Waals surface area contributed by atoms with Crippen molar-refractivity contribution in [3.63, 3.8) is 0 Å². The Morgan fingerprint density at radius 2 is 2.03 bits per heavy atom. The SMILES string of the molecule is CC(C)Cn1c(=O)[nH]c(=O)c2c(C(=O)Nc3ccccc3N)cc(C3CC3)nc21. The Kier molecular flexibility index (Phi) is 4.70. The van der Waals surface area contributed by atoms with Gasteiger partial charge in [0.2, 0.25) is 0 Å². The summed E-state index contributed by atoms with van der Waals surface area (Å²) in [7, 11) is 0. The monoisotopic (exact) mass is 393 g/mol. The predicted octanol–water partition coefficient (Wildman–Crippen LogP) is 2.45. The maximum absolute atomic E-state index is 13.1. The van der Waals surface area contributed by atoms with Gasteiger partial charge in [0.25, 0.3) is 11.5 Å². The molecule has 1 saturated carbocycles. The molecule has 29 heavy (non-hydrogen) atoms. The number of nitrogen functional groups attached to an aromatic ring is 1. The molecule has 1 aliphatic carbocycles. The van der Waals surface area contributed by atoms with Crippen molar-refractivity contribution in [2.24, 2.45) is 5.92 Å². The summed E-state index contributed by atoms with van der Waals surface area (Å²) in [6, 6.07) is 8.57. The smallest absolute Gasteiger partial charge is 0.330 e. The van der Waals surface area contributed by atoms with Crippen LogP contribution in [0.25, 0.3) is 11.0 Å². The van der Waals surface area contributed by atoms with Crippen molar-refractivity contribution in [3.8, 4) is 0 Å². The summed E-state index contributed by atoms with van der Waals surface area (Å²) in [6.45, 7) is 4.33. The van der Waals surface area contributed by atoms with Gasteiger partial charge in [0.15, 0.2) is 5.65 Å². The number of H-pyrrole nitrogens is 1. The second-order valence-electron chi connectivity index (χ2n) is 7.87. The van der Waals surface area contributed by atoms with Crippen molar-refractivity contribution in [1.29, 1.82) is 0 Å². The van der Waals surface area contributed by atoms with E-state index in [1.54, 1.807) is 30.3 Å². The zero-order valence-electron chi connectivity index (χ0n) is 16.4. The molecule has 4 N–H and O–H groups in total. The van der Waals surface area contributed by atoms with Crippen LogP contribution in [0.3, 0.4) is 0 Å². The van der Waals surface area contributed by atoms with Crippen LogP contribution in [-0.2, 0) is 6.54 Å². The molecule has 0 radical (unpaired) electrons. The molecule has 8 nitrogen and oxygen atoms in total. The number of carbonyl (C=O) groups excluding carboxylic acids is 1. The number of pyridine rings is 1. The molecule has 150 valence electrons. The Bertz CT molecular complexity index is 1220. The Hall–Kier alpha value is -3.42. The van der Waals surface area contributed by atoms with E-state index in [9.17, 15) is 14.4 Å². The summed E-state index contributed by atoms with van der Waals surface area (Å²) in [4.78, 5) is 45.2. The average molecular weight is 393 g/mol. The standard InChI is InChI=1S/C21H23N5O3/c1-11(2)10-26-18-17(20(28)25-21(26)29)13(9-16(23-18)12-7-8-12)19(27)24-15-6-4-3-5-14(15)22/h3-6,9,11-12H,7-8,10,22H2,1-2H3,(H,24,27)(H,25,28,29). The minimum Gasteiger partial charge on any atom is -0.397 e. The first-order valence-electron chi connectivity index (χ1n) is 9.68. The number of nitrogens with two attached hydrogens (primary N) is 1. The minimum absolute atomic E-state index is 0.113. The first kappa shape index (κ1) is 18.9. The van der Waals surface area contributed by atoms with Gasteiger partial charge >= 0.3 is 5.69 Å². The first-order valence-corrected chi connectivity index (χ1v) is 9.68. The third-order valence-corrected chi connectivity index (χ3v) is 4.97. The number of hydrogen-bond donors (Lipinski definition) is 3. The fourth-order valence-corrected chi connectivity index (χ4v) is 3.40. The fourth-order valence-electron chi connectivity index (χ4n) is 3.40. The van der Waals surface area contributed by atoms with Gasteiger partial charge in [-0.2, -0.15) is 0 Å². The largest absolute Gasteiger partial charge is 0.397 e. The predicted molar refractivity (Wildman–Crippen MR) is 112 cm³/mol. The quantitative estimate of drug-likeness (QED) is 0.575. The van der Waals surface area contributed by atoms with Gasteiger partial charge in [0.05, 0.1) is 22.3 Å². The number of hydrogen-bond acceptors (Lipinski definition) is 5. The molecule has 2 aromatic heterocycles. The van der Waals surface area contributed by atoms with E-state index < -0.39 is 17.2 Å². The van der Waals surface area contributed by atoms with Crippen LogP contribution in [0.4, 0.5) is 11.4 Å². The first-order chi connectivity index (χ1) is 13.8. The molecule has 1 aromatic carbocycles. The fraction of sp³-hybridized carbons (Fsp3) is 0.333. The number of aromatic amines is 1. The molecule has 0 atom stereocenters. The maximum atomic E-state index is 13.1. The van der Waals surface area contributed by atoms with Crippen LogP contribution in [0.1, 0.15) is 48.7 Å². The Balaban J connectivity index is 1.93. The van der Waals surface area contributed by atoms with Gasteiger partial charge in [-0.1, -0.05) is 26.0 Å². The van der Waals surface area contributed by atoms with Gasteiger partial charge in [0.1, 0.15) is 0 Å². The molecule has 0 bridgehead atoms. The molecule has 8 heteroatoms. The number of nitrogens with zero attached hydrogens (tertiary/aromatic N) is 2. The van der Waals surface area contributed by atoms with E-state index in [-0.39, 0.29) is 28.4 Å². The number of para-hydroxylation sites is 2. The third-order valence-electron chi connectivity index (χ3n) is 4.97. The Labute approximate surface area is 166 Å². The van der Waals surface area contributed by atoms with E-state index >= 15 is 0 Å². The van der Waals surface area contributed by atoms with Gasteiger partial charge in [0, 0.05) is 18.2 Å². The maximum Gasteiger partial charge on any atom is 0.330 e. The minimum atomic E-state index is -0.619. The van der Waals surface area contributed by atoms with Crippen molar-refractivity contribution in [3.05, 3.63) is 62.4 Å². The highest BCUT2D eigenvalue weighted by Crippen LogP contribution is 2.40. The number of rotatable bonds is 5. The van der Waals surface area contributed by atoms with E-state index in [0.717, 1.165) is 18.5 Å². The van der Waals surface area contributed by atoms with Crippen LogP contribution in [0, 0.1) is 5.92 Å². The van der Waals surface area contributed by atoms with Crippen molar-refractivity contribution < 1.29 is 4.79 Å². The number of benzene rings is 1. The molecule has 0 saturated heterocycles. The summed E-state index contributed by atoms with van der Waals surface area (Å²) in [6.07, 6.45) is 1.95. The molecular weight excluding hydrogens is 370 g/mol. The van der Waals surface area contributed by atoms with E-state index in [1.165, 1.54) is 4.57 Å². The highest BCUT2D eigenvalue weighted by atomic mass is 16.2. The lowest BCUT2D eigenvalue weighted by atomic mass is 10.1. The van der Waals surface area contributed by atoms with Gasteiger partial charge in [-0.3, -0.25) is 19.1 Å². The lowest BCUT2D eigenvalue weighted by Crippen LogP contribution is -2.33. The lowest BCUT2D eigenvalue weighted by molar-refractivity contribution is 0.102. The Morgan fingerprint density at radius 3 is 2.69 bits per heavy atom. The highest BCUT2D eigenvalue weighted by Gasteiger charge is 2.29. The second kappa shape index (κ2) is 7.20. The molecule has 2 heterocycles. The summed E-state index contributed by atoms with van der Waals surface area (Å²) in [5, 5.41) is 2.89. The normalized spacial score (nSPS) is 13.8. The number of carbonyl (C=O) groups is 1. The highest BCUT2D eigenvalue weighted by molar-refractivity contribution is 6.12. The van der Waals surface area contributed by atoms with Gasteiger partial charge in [-0.25, -0.2) is 9.78 Å². The molecule has 1 fully saturated rings. The van der Waals surface area contributed by atoms with Crippen molar-refractivity contribution in [1.82, 2.24) is 14.5 Å². The topological polar surface area (TPSA) is 123 Å². The van der Waals surface area contributed by atoms with E-state index in [1.807, 2.05) is 13.8 Å². The van der Waals surface area contributed by atoms with Crippen LogP contribution >= 0.6 is 0 Å². The molecule has 0 aliphatic heterocycles. The van der Waals surface area contributed by atoms with Crippen LogP contribution in [0.15, 0.2) is 39.9 Å². The zero-order valence-corrected chi connectivity index (χ0v) is 16.4. The number of amides is 1. The number of aromatic nitrogens is 3. The second-order valence-corrected chi connectivity index (χ2v) is 7.87. The number of anilines is 2. The molecular formula is C21H23N5O3. The van der Waals surface area contributed by atoms with Crippen LogP contribution < -0.4 is 22.3 Å². The summed E-state index contributed by atoms with van der Waals surface area (Å²) in [5.74, 6) is -0.0540. The van der Waals surface area contributed by atoms with Crippen LogP contribution in [0.2, 0.25) is 0 Å². The van der Waals surface area contributed by atoms with Crippen LogP contribution in [0.5, 0.6) is 0 Å². The summed E-state index contributed by atoms with van der Waals surface area (Å²) in [5.41, 5.74) is 6.86. The van der Waals surface area contributed by atoms with Gasteiger partial charge < -0.3 is 11.1 Å². The molecule has 0 unspecified atom stereocenters. The molecule has 4 rings (SSSR count). The van der Waals surface area contributed by atoms with E-state index in [0.29, 0.717) is 17.9 Å². The lowest BCUT2D eigenvalue weighted by Gasteiger charge is -2.15. The van der Waals surface area contributed by atoms with Crippen molar-refractivity contribution in [2.45, 2.75) is 39.2 Å². The van der Waals surface area contributed by atoms with E-state index in [4.69, 9.17) is 5.73 Å². The molecule has 3 aromatic rings. The molecule has 1 aliphatic rings. The van der Waals surface area contributed by atoms with Crippen molar-refractivity contribution >= 4 is 28.3 Å². The summed E-state index contributed by atoms with van der Waals surface area (Å²) < 4.78 is 1.45.